The van der Waals surface area contributed by atoms with Crippen LogP contribution in [0.15, 0.2) is 18.2 Å². The van der Waals surface area contributed by atoms with Crippen LogP contribution in [0.25, 0.3) is 0 Å². The summed E-state index contributed by atoms with van der Waals surface area (Å²) in [5, 5.41) is 22.1. The normalized spacial score (nSPS) is 22.4. The SMILES string of the molecule is CCOC(=O)N[C@@H]1c2cc(C#N)ccc2OC(C)(C)[C@H]1O. The summed E-state index contributed by atoms with van der Waals surface area (Å²) >= 11 is 0. The first kappa shape index (κ1) is 15.1. The molecule has 1 aliphatic rings. The number of nitrogens with one attached hydrogen (secondary N) is 1. The molecule has 6 heteroatoms. The molecule has 0 saturated carbocycles. The van der Waals surface area contributed by atoms with E-state index < -0.39 is 23.8 Å². The van der Waals surface area contributed by atoms with E-state index in [9.17, 15) is 9.90 Å². The lowest BCUT2D eigenvalue weighted by atomic mass is 9.86. The number of benzene rings is 1. The third-order valence-corrected chi connectivity index (χ3v) is 3.42. The van der Waals surface area contributed by atoms with Gasteiger partial charge in [0.25, 0.3) is 0 Å². The largest absolute Gasteiger partial charge is 0.485 e. The molecule has 0 saturated heterocycles. The molecular weight excluding hydrogens is 272 g/mol. The first-order chi connectivity index (χ1) is 9.89. The highest BCUT2D eigenvalue weighted by Gasteiger charge is 2.43. The number of hydrogen-bond donors (Lipinski definition) is 2. The predicted molar refractivity (Wildman–Crippen MR) is 74.8 cm³/mol. The van der Waals surface area contributed by atoms with Crippen LogP contribution in [-0.2, 0) is 4.74 Å². The predicted octanol–water partition coefficient (Wildman–Crippen LogP) is 1.88. The molecule has 6 nitrogen and oxygen atoms in total. The van der Waals surface area contributed by atoms with Crippen molar-refractivity contribution in [1.82, 2.24) is 5.32 Å². The molecule has 112 valence electrons. The van der Waals surface area contributed by atoms with Gasteiger partial charge in [-0.25, -0.2) is 4.79 Å². The summed E-state index contributed by atoms with van der Waals surface area (Å²) in [6.07, 6.45) is -1.59. The van der Waals surface area contributed by atoms with Crippen LogP contribution >= 0.6 is 0 Å². The van der Waals surface area contributed by atoms with E-state index in [1.165, 1.54) is 0 Å². The number of fused-ring (bicyclic) bond motifs is 1. The molecule has 1 amide bonds. The van der Waals surface area contributed by atoms with Crippen molar-refractivity contribution in [2.24, 2.45) is 0 Å². The standard InChI is InChI=1S/C15H18N2O4/c1-4-20-14(19)17-12-10-7-9(8-16)5-6-11(10)21-15(2,3)13(12)18/h5-7,12-13,18H,4H2,1-3H3,(H,17,19)/t12-,13+/m1/s1. The van der Waals surface area contributed by atoms with Gasteiger partial charge in [0.05, 0.1) is 24.3 Å². The van der Waals surface area contributed by atoms with E-state index in [2.05, 4.69) is 5.32 Å². The monoisotopic (exact) mass is 290 g/mol. The molecular formula is C15H18N2O4. The molecule has 2 N–H and O–H groups in total. The Morgan fingerprint density at radius 1 is 1.57 bits per heavy atom. The number of hydrogen-bond acceptors (Lipinski definition) is 5. The van der Waals surface area contributed by atoms with E-state index in [1.807, 2.05) is 6.07 Å². The number of rotatable bonds is 2. The van der Waals surface area contributed by atoms with E-state index in [0.29, 0.717) is 16.9 Å². The van der Waals surface area contributed by atoms with Gasteiger partial charge in [-0.3, -0.25) is 0 Å². The Bertz CT molecular complexity index is 592. The van der Waals surface area contributed by atoms with Crippen molar-refractivity contribution in [1.29, 1.82) is 5.26 Å². The summed E-state index contributed by atoms with van der Waals surface area (Å²) in [4.78, 5) is 11.7. The highest BCUT2D eigenvalue weighted by atomic mass is 16.5. The second-order valence-corrected chi connectivity index (χ2v) is 5.36. The van der Waals surface area contributed by atoms with Gasteiger partial charge in [-0.05, 0) is 39.0 Å². The molecule has 1 heterocycles. The molecule has 1 aliphatic heterocycles. The number of carbonyl (C=O) groups is 1. The van der Waals surface area contributed by atoms with Gasteiger partial charge in [0.2, 0.25) is 0 Å². The fraction of sp³-hybridized carbons (Fsp3) is 0.467. The quantitative estimate of drug-likeness (QED) is 0.867. The van der Waals surface area contributed by atoms with Crippen molar-refractivity contribution in [2.75, 3.05) is 6.61 Å². The molecule has 0 spiro atoms. The molecule has 2 rings (SSSR count). The zero-order chi connectivity index (χ0) is 15.6. The fourth-order valence-electron chi connectivity index (χ4n) is 2.33. The van der Waals surface area contributed by atoms with E-state index >= 15 is 0 Å². The molecule has 1 aromatic carbocycles. The summed E-state index contributed by atoms with van der Waals surface area (Å²) in [5.74, 6) is 0.533. The van der Waals surface area contributed by atoms with Crippen molar-refractivity contribution in [2.45, 2.75) is 38.5 Å². The topological polar surface area (TPSA) is 91.6 Å². The van der Waals surface area contributed by atoms with E-state index in [1.54, 1.807) is 39.0 Å². The maximum Gasteiger partial charge on any atom is 0.407 e. The number of aliphatic hydroxyl groups is 1. The number of ether oxygens (including phenoxy) is 2. The maximum atomic E-state index is 11.7. The maximum absolute atomic E-state index is 11.7. The third kappa shape index (κ3) is 2.93. The summed E-state index contributed by atoms with van der Waals surface area (Å²) in [6.45, 7) is 5.41. The highest BCUT2D eigenvalue weighted by molar-refractivity contribution is 5.68. The number of aliphatic hydroxyl groups excluding tert-OH is 1. The molecule has 1 aromatic rings. The molecule has 0 unspecified atom stereocenters. The second kappa shape index (κ2) is 5.62. The molecule has 0 bridgehead atoms. The van der Waals surface area contributed by atoms with E-state index in [0.717, 1.165) is 0 Å². The van der Waals surface area contributed by atoms with Gasteiger partial charge in [0.1, 0.15) is 17.5 Å². The summed E-state index contributed by atoms with van der Waals surface area (Å²) in [5.41, 5.74) is 0.125. The average molecular weight is 290 g/mol. The number of nitriles is 1. The van der Waals surface area contributed by atoms with Crippen molar-refractivity contribution < 1.29 is 19.4 Å². The Kier molecular flexibility index (Phi) is 4.05. The van der Waals surface area contributed by atoms with Crippen LogP contribution in [0.5, 0.6) is 5.75 Å². The zero-order valence-corrected chi connectivity index (χ0v) is 12.2. The minimum absolute atomic E-state index is 0.236. The van der Waals surface area contributed by atoms with Crippen LogP contribution in [0.2, 0.25) is 0 Å². The number of alkyl carbamates (subject to hydrolysis) is 1. The number of amides is 1. The molecule has 0 aliphatic carbocycles. The lowest BCUT2D eigenvalue weighted by Crippen LogP contribution is -2.53. The van der Waals surface area contributed by atoms with Crippen LogP contribution in [0.4, 0.5) is 4.79 Å². The molecule has 0 aromatic heterocycles. The van der Waals surface area contributed by atoms with Gasteiger partial charge in [-0.2, -0.15) is 5.26 Å². The summed E-state index contributed by atoms with van der Waals surface area (Å²) < 4.78 is 10.6. The molecule has 2 atom stereocenters. The van der Waals surface area contributed by atoms with E-state index in [-0.39, 0.29) is 6.61 Å². The Hall–Kier alpha value is -2.26. The Balaban J connectivity index is 2.42. The molecule has 0 fully saturated rings. The second-order valence-electron chi connectivity index (χ2n) is 5.36. The lowest BCUT2D eigenvalue weighted by Gasteiger charge is -2.42. The highest BCUT2D eigenvalue weighted by Crippen LogP contribution is 2.40. The lowest BCUT2D eigenvalue weighted by molar-refractivity contribution is -0.0636. The van der Waals surface area contributed by atoms with Crippen molar-refractivity contribution in [3.63, 3.8) is 0 Å². The summed E-state index contributed by atoms with van der Waals surface area (Å²) in [6, 6.07) is 6.24. The van der Waals surface area contributed by atoms with Crippen LogP contribution < -0.4 is 10.1 Å². The van der Waals surface area contributed by atoms with Crippen LogP contribution in [-0.4, -0.2) is 29.5 Å². The average Bonchev–Trinajstić information content (AvgIpc) is 2.43. The van der Waals surface area contributed by atoms with Gasteiger partial charge in [0.15, 0.2) is 0 Å². The van der Waals surface area contributed by atoms with Crippen molar-refractivity contribution in [3.8, 4) is 11.8 Å². The summed E-state index contributed by atoms with van der Waals surface area (Å²) in [7, 11) is 0. The van der Waals surface area contributed by atoms with Gasteiger partial charge in [-0.1, -0.05) is 0 Å². The number of nitrogens with zero attached hydrogens (tertiary/aromatic N) is 1. The first-order valence-corrected chi connectivity index (χ1v) is 6.73. The minimum atomic E-state index is -0.969. The van der Waals surface area contributed by atoms with Gasteiger partial charge in [0, 0.05) is 5.56 Å². The third-order valence-electron chi connectivity index (χ3n) is 3.42. The Morgan fingerprint density at radius 3 is 2.90 bits per heavy atom. The van der Waals surface area contributed by atoms with Crippen molar-refractivity contribution >= 4 is 6.09 Å². The number of carbonyl (C=O) groups excluding carboxylic acids is 1. The fourth-order valence-corrected chi connectivity index (χ4v) is 2.33. The Morgan fingerprint density at radius 2 is 2.29 bits per heavy atom. The zero-order valence-electron chi connectivity index (χ0n) is 12.2. The van der Waals surface area contributed by atoms with E-state index in [4.69, 9.17) is 14.7 Å². The van der Waals surface area contributed by atoms with Crippen LogP contribution in [0, 0.1) is 11.3 Å². The first-order valence-electron chi connectivity index (χ1n) is 6.73. The minimum Gasteiger partial charge on any atom is -0.485 e. The van der Waals surface area contributed by atoms with Gasteiger partial charge < -0.3 is 19.9 Å². The van der Waals surface area contributed by atoms with Gasteiger partial charge >= 0.3 is 6.09 Å². The van der Waals surface area contributed by atoms with Crippen molar-refractivity contribution in [3.05, 3.63) is 29.3 Å². The van der Waals surface area contributed by atoms with Crippen LogP contribution in [0.1, 0.15) is 37.9 Å². The molecule has 21 heavy (non-hydrogen) atoms. The van der Waals surface area contributed by atoms with Crippen LogP contribution in [0.3, 0.4) is 0 Å². The molecule has 0 radical (unpaired) electrons. The van der Waals surface area contributed by atoms with Gasteiger partial charge in [-0.15, -0.1) is 0 Å². The smallest absolute Gasteiger partial charge is 0.407 e. The Labute approximate surface area is 123 Å².